The second-order valence-electron chi connectivity index (χ2n) is 5.17. The van der Waals surface area contributed by atoms with Gasteiger partial charge in [-0.2, -0.15) is 0 Å². The standard InChI is InChI=1S/C16H21NO3S/c1-20-9-4-10-21(18,19)12-16(17)15-8-7-13-5-2-3-6-14(13)11-15/h2-3,5-8,11,16H,4,9-10,12,17H2,1H3. The van der Waals surface area contributed by atoms with Gasteiger partial charge in [0.15, 0.2) is 9.84 Å². The molecule has 5 heteroatoms. The molecule has 0 radical (unpaired) electrons. The molecule has 0 aliphatic heterocycles. The highest BCUT2D eigenvalue weighted by Gasteiger charge is 2.17. The lowest BCUT2D eigenvalue weighted by atomic mass is 10.0. The van der Waals surface area contributed by atoms with E-state index in [1.807, 2.05) is 42.5 Å². The number of hydrogen-bond donors (Lipinski definition) is 1. The van der Waals surface area contributed by atoms with Crippen LogP contribution in [0.3, 0.4) is 0 Å². The normalized spacial score (nSPS) is 13.4. The van der Waals surface area contributed by atoms with Crippen LogP contribution in [-0.2, 0) is 14.6 Å². The van der Waals surface area contributed by atoms with Crippen molar-refractivity contribution < 1.29 is 13.2 Å². The van der Waals surface area contributed by atoms with E-state index in [1.54, 1.807) is 7.11 Å². The minimum atomic E-state index is -3.16. The van der Waals surface area contributed by atoms with Gasteiger partial charge in [-0.25, -0.2) is 8.42 Å². The maximum Gasteiger partial charge on any atom is 0.152 e. The first-order valence-corrected chi connectivity index (χ1v) is 8.77. The largest absolute Gasteiger partial charge is 0.385 e. The molecule has 0 amide bonds. The van der Waals surface area contributed by atoms with Crippen LogP contribution in [0.4, 0.5) is 0 Å². The molecular formula is C16H21NO3S. The summed E-state index contributed by atoms with van der Waals surface area (Å²) >= 11 is 0. The molecule has 0 fully saturated rings. The Morgan fingerprint density at radius 2 is 1.86 bits per heavy atom. The Bertz CT molecular complexity index is 697. The first kappa shape index (κ1) is 15.9. The Morgan fingerprint density at radius 3 is 2.57 bits per heavy atom. The number of nitrogens with two attached hydrogens (primary N) is 1. The SMILES string of the molecule is COCCCS(=O)(=O)CC(N)c1ccc2ccccc2c1. The summed E-state index contributed by atoms with van der Waals surface area (Å²) in [6.07, 6.45) is 0.503. The van der Waals surface area contributed by atoms with Crippen molar-refractivity contribution in [3.05, 3.63) is 48.0 Å². The quantitative estimate of drug-likeness (QED) is 0.797. The predicted octanol–water partition coefficient (Wildman–Crippen LogP) is 2.29. The summed E-state index contributed by atoms with van der Waals surface area (Å²) in [7, 11) is -1.60. The van der Waals surface area contributed by atoms with Crippen molar-refractivity contribution in [2.45, 2.75) is 12.5 Å². The smallest absolute Gasteiger partial charge is 0.152 e. The van der Waals surface area contributed by atoms with Crippen molar-refractivity contribution >= 4 is 20.6 Å². The Labute approximate surface area is 125 Å². The lowest BCUT2D eigenvalue weighted by Gasteiger charge is -2.13. The van der Waals surface area contributed by atoms with Gasteiger partial charge in [0, 0.05) is 19.8 Å². The van der Waals surface area contributed by atoms with E-state index in [-0.39, 0.29) is 11.5 Å². The number of methoxy groups -OCH3 is 1. The lowest BCUT2D eigenvalue weighted by molar-refractivity contribution is 0.199. The van der Waals surface area contributed by atoms with Crippen LogP contribution in [0.1, 0.15) is 18.0 Å². The monoisotopic (exact) mass is 307 g/mol. The van der Waals surface area contributed by atoms with E-state index in [9.17, 15) is 8.42 Å². The molecule has 0 heterocycles. The lowest BCUT2D eigenvalue weighted by Crippen LogP contribution is -2.24. The van der Waals surface area contributed by atoms with Crippen LogP contribution >= 0.6 is 0 Å². The zero-order chi connectivity index (χ0) is 15.3. The summed E-state index contributed by atoms with van der Waals surface area (Å²) in [6.45, 7) is 0.449. The fourth-order valence-electron chi connectivity index (χ4n) is 2.31. The summed E-state index contributed by atoms with van der Waals surface area (Å²) in [5, 5.41) is 2.19. The maximum atomic E-state index is 12.0. The van der Waals surface area contributed by atoms with Gasteiger partial charge in [0.1, 0.15) is 0 Å². The molecule has 0 saturated heterocycles. The van der Waals surface area contributed by atoms with Crippen LogP contribution in [0.5, 0.6) is 0 Å². The molecule has 114 valence electrons. The van der Waals surface area contributed by atoms with Crippen molar-refractivity contribution in [3.8, 4) is 0 Å². The summed E-state index contributed by atoms with van der Waals surface area (Å²) in [5.41, 5.74) is 6.92. The fourth-order valence-corrected chi connectivity index (χ4v) is 3.78. The average molecular weight is 307 g/mol. The summed E-state index contributed by atoms with van der Waals surface area (Å²) in [4.78, 5) is 0. The van der Waals surface area contributed by atoms with Crippen molar-refractivity contribution in [3.63, 3.8) is 0 Å². The Kier molecular flexibility index (Phi) is 5.33. The highest BCUT2D eigenvalue weighted by molar-refractivity contribution is 7.91. The Morgan fingerprint density at radius 1 is 1.14 bits per heavy atom. The molecule has 0 spiro atoms. The van der Waals surface area contributed by atoms with Crippen LogP contribution in [0.25, 0.3) is 10.8 Å². The van der Waals surface area contributed by atoms with E-state index < -0.39 is 15.9 Å². The third kappa shape index (κ3) is 4.52. The van der Waals surface area contributed by atoms with E-state index >= 15 is 0 Å². The molecule has 0 aliphatic carbocycles. The van der Waals surface area contributed by atoms with Gasteiger partial charge in [-0.15, -0.1) is 0 Å². The number of hydrogen-bond acceptors (Lipinski definition) is 4. The van der Waals surface area contributed by atoms with Gasteiger partial charge in [-0.3, -0.25) is 0 Å². The topological polar surface area (TPSA) is 69.4 Å². The van der Waals surface area contributed by atoms with Crippen LogP contribution in [0, 0.1) is 0 Å². The molecule has 0 aliphatic rings. The van der Waals surface area contributed by atoms with E-state index in [0.717, 1.165) is 16.3 Å². The highest BCUT2D eigenvalue weighted by atomic mass is 32.2. The van der Waals surface area contributed by atoms with Crippen molar-refractivity contribution in [1.29, 1.82) is 0 Å². The van der Waals surface area contributed by atoms with Crippen LogP contribution < -0.4 is 5.73 Å². The summed E-state index contributed by atoms with van der Waals surface area (Å²) in [5.74, 6) is 0.0805. The van der Waals surface area contributed by atoms with Crippen molar-refractivity contribution in [1.82, 2.24) is 0 Å². The third-order valence-corrected chi connectivity index (χ3v) is 5.22. The van der Waals surface area contributed by atoms with E-state index in [4.69, 9.17) is 10.5 Å². The number of ether oxygens (including phenoxy) is 1. The Hall–Kier alpha value is -1.43. The van der Waals surface area contributed by atoms with Gasteiger partial charge in [-0.05, 0) is 28.8 Å². The molecule has 2 rings (SSSR count). The van der Waals surface area contributed by atoms with Gasteiger partial charge in [-0.1, -0.05) is 36.4 Å². The van der Waals surface area contributed by atoms with Crippen molar-refractivity contribution in [2.75, 3.05) is 25.2 Å². The molecule has 0 bridgehead atoms. The summed E-state index contributed by atoms with van der Waals surface area (Å²) in [6, 6.07) is 13.3. The number of fused-ring (bicyclic) bond motifs is 1. The molecule has 2 N–H and O–H groups in total. The maximum absolute atomic E-state index is 12.0. The molecule has 1 unspecified atom stereocenters. The van der Waals surface area contributed by atoms with Crippen LogP contribution in [-0.4, -0.2) is 33.6 Å². The van der Waals surface area contributed by atoms with Gasteiger partial charge < -0.3 is 10.5 Å². The fraction of sp³-hybridized carbons (Fsp3) is 0.375. The molecular weight excluding hydrogens is 286 g/mol. The molecule has 2 aromatic carbocycles. The molecule has 0 aromatic heterocycles. The highest BCUT2D eigenvalue weighted by Crippen LogP contribution is 2.20. The third-order valence-electron chi connectivity index (χ3n) is 3.44. The number of rotatable bonds is 7. The minimum absolute atomic E-state index is 0.0327. The average Bonchev–Trinajstić information content (AvgIpc) is 2.46. The van der Waals surface area contributed by atoms with Crippen LogP contribution in [0.2, 0.25) is 0 Å². The molecule has 2 aromatic rings. The summed E-state index contributed by atoms with van der Waals surface area (Å²) < 4.78 is 28.9. The minimum Gasteiger partial charge on any atom is -0.385 e. The molecule has 0 saturated carbocycles. The second-order valence-corrected chi connectivity index (χ2v) is 7.40. The van der Waals surface area contributed by atoms with E-state index in [2.05, 4.69) is 0 Å². The molecule has 4 nitrogen and oxygen atoms in total. The number of benzene rings is 2. The van der Waals surface area contributed by atoms with E-state index in [0.29, 0.717) is 13.0 Å². The molecule has 1 atom stereocenters. The second kappa shape index (κ2) is 7.02. The predicted molar refractivity (Wildman–Crippen MR) is 86.0 cm³/mol. The van der Waals surface area contributed by atoms with Gasteiger partial charge in [0.25, 0.3) is 0 Å². The van der Waals surface area contributed by atoms with Gasteiger partial charge >= 0.3 is 0 Å². The van der Waals surface area contributed by atoms with Gasteiger partial charge in [0.2, 0.25) is 0 Å². The van der Waals surface area contributed by atoms with Crippen LogP contribution in [0.15, 0.2) is 42.5 Å². The Balaban J connectivity index is 2.09. The van der Waals surface area contributed by atoms with Gasteiger partial charge in [0.05, 0.1) is 11.5 Å². The zero-order valence-electron chi connectivity index (χ0n) is 12.2. The van der Waals surface area contributed by atoms with E-state index in [1.165, 1.54) is 0 Å². The first-order valence-electron chi connectivity index (χ1n) is 6.95. The first-order chi connectivity index (χ1) is 10.0. The van der Waals surface area contributed by atoms with Crippen molar-refractivity contribution in [2.24, 2.45) is 5.73 Å². The molecule has 21 heavy (non-hydrogen) atoms. The zero-order valence-corrected chi connectivity index (χ0v) is 13.0. The number of sulfone groups is 1.